The van der Waals surface area contributed by atoms with Gasteiger partial charge in [0.1, 0.15) is 5.76 Å². The van der Waals surface area contributed by atoms with Crippen LogP contribution in [0.1, 0.15) is 30.2 Å². The summed E-state index contributed by atoms with van der Waals surface area (Å²) in [6.45, 7) is 5.00. The molecule has 2 heterocycles. The first kappa shape index (κ1) is 9.74. The van der Waals surface area contributed by atoms with Crippen molar-refractivity contribution in [2.45, 2.75) is 25.8 Å². The smallest absolute Gasteiger partial charge is 0.122 e. The zero-order chi connectivity index (χ0) is 9.97. The number of hydrogen-bond donors (Lipinski definition) is 1. The maximum absolute atomic E-state index is 5.79. The second-order valence-corrected chi connectivity index (χ2v) is 4.02. The van der Waals surface area contributed by atoms with E-state index in [-0.39, 0.29) is 6.04 Å². The maximum atomic E-state index is 5.79. The third-order valence-corrected chi connectivity index (χ3v) is 2.88. The summed E-state index contributed by atoms with van der Waals surface area (Å²) in [5.74, 6) is 1.02. The van der Waals surface area contributed by atoms with Crippen molar-refractivity contribution >= 4 is 0 Å². The highest BCUT2D eigenvalue weighted by Gasteiger charge is 2.24. The molecule has 0 spiro atoms. The Morgan fingerprint density at radius 3 is 2.71 bits per heavy atom. The molecule has 0 radical (unpaired) electrons. The highest BCUT2D eigenvalue weighted by molar-refractivity contribution is 5.14. The number of nitrogens with two attached hydrogens (primary N) is 1. The van der Waals surface area contributed by atoms with Gasteiger partial charge in [-0.2, -0.15) is 0 Å². The van der Waals surface area contributed by atoms with Crippen molar-refractivity contribution < 1.29 is 4.42 Å². The first-order valence-corrected chi connectivity index (χ1v) is 5.30. The number of likely N-dealkylation sites (tertiary alicyclic amines) is 1. The van der Waals surface area contributed by atoms with Crippen LogP contribution in [0.5, 0.6) is 0 Å². The van der Waals surface area contributed by atoms with E-state index in [0.29, 0.717) is 6.54 Å². The van der Waals surface area contributed by atoms with E-state index < -0.39 is 0 Å². The summed E-state index contributed by atoms with van der Waals surface area (Å²) in [5.41, 5.74) is 6.97. The van der Waals surface area contributed by atoms with E-state index >= 15 is 0 Å². The molecule has 0 aromatic carbocycles. The zero-order valence-corrected chi connectivity index (χ0v) is 8.70. The molecule has 2 rings (SSSR count). The molecular weight excluding hydrogens is 176 g/mol. The first-order chi connectivity index (χ1) is 6.81. The Morgan fingerprint density at radius 1 is 1.50 bits per heavy atom. The molecule has 1 unspecified atom stereocenters. The molecule has 0 amide bonds. The van der Waals surface area contributed by atoms with Gasteiger partial charge in [0.25, 0.3) is 0 Å². The molecule has 1 aromatic rings. The molecule has 78 valence electrons. The summed E-state index contributed by atoms with van der Waals surface area (Å²) in [5, 5.41) is 0. The van der Waals surface area contributed by atoms with Gasteiger partial charge in [-0.3, -0.25) is 4.90 Å². The SMILES string of the molecule is Cc1coc(C(CN)N2CCCC2)c1. The van der Waals surface area contributed by atoms with Crippen LogP contribution in [0.25, 0.3) is 0 Å². The highest BCUT2D eigenvalue weighted by Crippen LogP contribution is 2.25. The van der Waals surface area contributed by atoms with Gasteiger partial charge in [-0.1, -0.05) is 0 Å². The van der Waals surface area contributed by atoms with Crippen LogP contribution in [0.3, 0.4) is 0 Å². The number of hydrogen-bond acceptors (Lipinski definition) is 3. The highest BCUT2D eigenvalue weighted by atomic mass is 16.3. The van der Waals surface area contributed by atoms with Gasteiger partial charge in [0.05, 0.1) is 12.3 Å². The molecule has 1 fully saturated rings. The molecule has 0 aliphatic carbocycles. The van der Waals surface area contributed by atoms with Crippen LogP contribution >= 0.6 is 0 Å². The Balaban J connectivity index is 2.12. The largest absolute Gasteiger partial charge is 0.467 e. The molecule has 2 N–H and O–H groups in total. The van der Waals surface area contributed by atoms with E-state index in [1.807, 2.05) is 6.92 Å². The topological polar surface area (TPSA) is 42.4 Å². The lowest BCUT2D eigenvalue weighted by molar-refractivity contribution is 0.221. The fourth-order valence-corrected chi connectivity index (χ4v) is 2.13. The molecule has 1 atom stereocenters. The van der Waals surface area contributed by atoms with E-state index in [1.54, 1.807) is 6.26 Å². The monoisotopic (exact) mass is 194 g/mol. The summed E-state index contributed by atoms with van der Waals surface area (Å²) in [6.07, 6.45) is 4.38. The Hall–Kier alpha value is -0.800. The Bertz CT molecular complexity index is 289. The number of aryl methyl sites for hydroxylation is 1. The molecular formula is C11H18N2O. The summed E-state index contributed by atoms with van der Waals surface area (Å²) in [6, 6.07) is 2.38. The van der Waals surface area contributed by atoms with Crippen LogP contribution in [-0.2, 0) is 0 Å². The predicted octanol–water partition coefficient (Wildman–Crippen LogP) is 1.68. The van der Waals surface area contributed by atoms with Gasteiger partial charge in [0, 0.05) is 6.54 Å². The van der Waals surface area contributed by atoms with E-state index in [1.165, 1.54) is 18.4 Å². The van der Waals surface area contributed by atoms with E-state index in [0.717, 1.165) is 18.8 Å². The van der Waals surface area contributed by atoms with E-state index in [2.05, 4.69) is 11.0 Å². The molecule has 3 nitrogen and oxygen atoms in total. The molecule has 1 saturated heterocycles. The number of nitrogens with zero attached hydrogens (tertiary/aromatic N) is 1. The van der Waals surface area contributed by atoms with Crippen LogP contribution in [0.15, 0.2) is 16.7 Å². The maximum Gasteiger partial charge on any atom is 0.122 e. The minimum atomic E-state index is 0.284. The molecule has 1 aromatic heterocycles. The van der Waals surface area contributed by atoms with Crippen LogP contribution in [0.4, 0.5) is 0 Å². The second-order valence-electron chi connectivity index (χ2n) is 4.02. The number of rotatable bonds is 3. The Kier molecular flexibility index (Phi) is 2.89. The Labute approximate surface area is 84.9 Å². The van der Waals surface area contributed by atoms with Gasteiger partial charge < -0.3 is 10.2 Å². The lowest BCUT2D eigenvalue weighted by Gasteiger charge is -2.23. The summed E-state index contributed by atoms with van der Waals surface area (Å²) in [7, 11) is 0. The molecule has 1 aliphatic rings. The minimum absolute atomic E-state index is 0.284. The fraction of sp³-hybridized carbons (Fsp3) is 0.636. The molecule has 0 bridgehead atoms. The molecule has 1 aliphatic heterocycles. The van der Waals surface area contributed by atoms with Gasteiger partial charge in [-0.25, -0.2) is 0 Å². The zero-order valence-electron chi connectivity index (χ0n) is 8.70. The van der Waals surface area contributed by atoms with Gasteiger partial charge >= 0.3 is 0 Å². The lowest BCUT2D eigenvalue weighted by Crippen LogP contribution is -2.31. The average molecular weight is 194 g/mol. The van der Waals surface area contributed by atoms with Gasteiger partial charge in [0.2, 0.25) is 0 Å². The fourth-order valence-electron chi connectivity index (χ4n) is 2.13. The van der Waals surface area contributed by atoms with Crippen molar-refractivity contribution in [1.82, 2.24) is 4.90 Å². The van der Waals surface area contributed by atoms with Crippen molar-refractivity contribution in [3.8, 4) is 0 Å². The predicted molar refractivity (Wildman–Crippen MR) is 56.0 cm³/mol. The average Bonchev–Trinajstić information content (AvgIpc) is 2.79. The van der Waals surface area contributed by atoms with Crippen LogP contribution < -0.4 is 5.73 Å². The molecule has 14 heavy (non-hydrogen) atoms. The van der Waals surface area contributed by atoms with Crippen LogP contribution in [0, 0.1) is 6.92 Å². The third-order valence-electron chi connectivity index (χ3n) is 2.88. The molecule has 3 heteroatoms. The third kappa shape index (κ3) is 1.83. The van der Waals surface area contributed by atoms with E-state index in [4.69, 9.17) is 10.2 Å². The standard InChI is InChI=1S/C11H18N2O/c1-9-6-11(14-8-9)10(7-12)13-4-2-3-5-13/h6,8,10H,2-5,7,12H2,1H3. The molecule has 0 saturated carbocycles. The lowest BCUT2D eigenvalue weighted by atomic mass is 10.2. The second kappa shape index (κ2) is 4.15. The minimum Gasteiger partial charge on any atom is -0.467 e. The summed E-state index contributed by atoms with van der Waals surface area (Å²) < 4.78 is 5.51. The van der Waals surface area contributed by atoms with Crippen molar-refractivity contribution in [1.29, 1.82) is 0 Å². The van der Waals surface area contributed by atoms with Gasteiger partial charge in [-0.15, -0.1) is 0 Å². The van der Waals surface area contributed by atoms with E-state index in [9.17, 15) is 0 Å². The summed E-state index contributed by atoms with van der Waals surface area (Å²) >= 11 is 0. The summed E-state index contributed by atoms with van der Waals surface area (Å²) in [4.78, 5) is 2.41. The normalized spacial score (nSPS) is 20.1. The van der Waals surface area contributed by atoms with Crippen molar-refractivity contribution in [3.63, 3.8) is 0 Å². The van der Waals surface area contributed by atoms with Crippen molar-refractivity contribution in [3.05, 3.63) is 23.7 Å². The van der Waals surface area contributed by atoms with Gasteiger partial charge in [0.15, 0.2) is 0 Å². The van der Waals surface area contributed by atoms with Crippen molar-refractivity contribution in [2.75, 3.05) is 19.6 Å². The van der Waals surface area contributed by atoms with Crippen LogP contribution in [-0.4, -0.2) is 24.5 Å². The van der Waals surface area contributed by atoms with Crippen LogP contribution in [0.2, 0.25) is 0 Å². The first-order valence-electron chi connectivity index (χ1n) is 5.30. The van der Waals surface area contributed by atoms with Gasteiger partial charge in [-0.05, 0) is 44.5 Å². The quantitative estimate of drug-likeness (QED) is 0.796. The Morgan fingerprint density at radius 2 is 2.21 bits per heavy atom. The van der Waals surface area contributed by atoms with Crippen molar-refractivity contribution in [2.24, 2.45) is 5.73 Å². The number of furan rings is 1.